The summed E-state index contributed by atoms with van der Waals surface area (Å²) in [5.41, 5.74) is 0. The number of amides is 1. The van der Waals surface area contributed by atoms with Crippen molar-refractivity contribution < 1.29 is 13.9 Å². The number of hydrogen-bond donors (Lipinski definition) is 1. The van der Waals surface area contributed by atoms with Gasteiger partial charge >= 0.3 is 6.09 Å². The lowest BCUT2D eigenvalue weighted by Crippen LogP contribution is -2.25. The van der Waals surface area contributed by atoms with Crippen LogP contribution in [0, 0.1) is 0 Å². The lowest BCUT2D eigenvalue weighted by Gasteiger charge is -2.00. The van der Waals surface area contributed by atoms with Gasteiger partial charge in [0, 0.05) is 13.0 Å². The summed E-state index contributed by atoms with van der Waals surface area (Å²) in [5, 5.41) is 2.55. The number of alkyl carbamates (subject to hydrolysis) is 1. The first kappa shape index (κ1) is 8.64. The minimum atomic E-state index is -0.415. The smallest absolute Gasteiger partial charge is 0.406 e. The zero-order valence-electron chi connectivity index (χ0n) is 6.87. The zero-order chi connectivity index (χ0) is 8.81. The maximum atomic E-state index is 10.6. The molecule has 1 rings (SSSR count). The molecule has 1 N–H and O–H groups in total. The quantitative estimate of drug-likeness (QED) is 0.739. The highest BCUT2D eigenvalue weighted by Gasteiger charge is 1.98. The number of ether oxygens (including phenoxy) is 1. The molecule has 0 aliphatic rings. The third kappa shape index (κ3) is 2.65. The van der Waals surface area contributed by atoms with Gasteiger partial charge in [0.25, 0.3) is 0 Å². The van der Waals surface area contributed by atoms with E-state index in [1.54, 1.807) is 6.26 Å². The maximum Gasteiger partial charge on any atom is 0.406 e. The molecule has 0 saturated carbocycles. The molecule has 0 spiro atoms. The van der Waals surface area contributed by atoms with Crippen LogP contribution >= 0.6 is 0 Å². The van der Waals surface area contributed by atoms with Crippen molar-refractivity contribution in [3.8, 4) is 0 Å². The third-order valence-electron chi connectivity index (χ3n) is 1.41. The molecule has 1 heterocycles. The molecule has 0 aliphatic heterocycles. The first-order chi connectivity index (χ1) is 5.83. The van der Waals surface area contributed by atoms with Crippen LogP contribution in [0.15, 0.2) is 22.8 Å². The van der Waals surface area contributed by atoms with E-state index < -0.39 is 6.09 Å². The largest absolute Gasteiger partial charge is 0.469 e. The van der Waals surface area contributed by atoms with Gasteiger partial charge in [0.15, 0.2) is 0 Å². The first-order valence-corrected chi connectivity index (χ1v) is 3.67. The summed E-state index contributed by atoms with van der Waals surface area (Å²) in [6, 6.07) is 3.67. The Balaban J connectivity index is 2.15. The Morgan fingerprint density at radius 3 is 3.17 bits per heavy atom. The minimum absolute atomic E-state index is 0.415. The van der Waals surface area contributed by atoms with Gasteiger partial charge in [-0.3, -0.25) is 0 Å². The van der Waals surface area contributed by atoms with Gasteiger partial charge < -0.3 is 14.5 Å². The van der Waals surface area contributed by atoms with Crippen LogP contribution in [0.3, 0.4) is 0 Å². The molecule has 0 unspecified atom stereocenters. The third-order valence-corrected chi connectivity index (χ3v) is 1.41. The number of nitrogens with one attached hydrogen (secondary N) is 1. The van der Waals surface area contributed by atoms with Crippen molar-refractivity contribution >= 4 is 6.09 Å². The number of carbonyl (C=O) groups excluding carboxylic acids is 1. The number of methoxy groups -OCH3 is 1. The van der Waals surface area contributed by atoms with Crippen LogP contribution in [0.5, 0.6) is 0 Å². The van der Waals surface area contributed by atoms with Gasteiger partial charge in [0.05, 0.1) is 13.4 Å². The summed E-state index contributed by atoms with van der Waals surface area (Å²) < 4.78 is 9.45. The highest BCUT2D eigenvalue weighted by Crippen LogP contribution is 1.99. The molecule has 0 atom stereocenters. The lowest BCUT2D eigenvalue weighted by atomic mass is 10.3. The Morgan fingerprint density at radius 2 is 2.58 bits per heavy atom. The highest BCUT2D eigenvalue weighted by molar-refractivity contribution is 5.66. The fourth-order valence-electron chi connectivity index (χ4n) is 0.815. The number of carbonyl (C=O) groups is 1. The van der Waals surface area contributed by atoms with E-state index in [9.17, 15) is 4.79 Å². The van der Waals surface area contributed by atoms with Gasteiger partial charge in [-0.1, -0.05) is 0 Å². The minimum Gasteiger partial charge on any atom is -0.469 e. The molecule has 4 nitrogen and oxygen atoms in total. The predicted octanol–water partition coefficient (Wildman–Crippen LogP) is 1.18. The van der Waals surface area contributed by atoms with Crippen LogP contribution in [0.1, 0.15) is 5.76 Å². The molecule has 1 amide bonds. The van der Waals surface area contributed by atoms with Crippen molar-refractivity contribution in [1.29, 1.82) is 0 Å². The van der Waals surface area contributed by atoms with Gasteiger partial charge in [0.1, 0.15) is 5.76 Å². The summed E-state index contributed by atoms with van der Waals surface area (Å²) in [7, 11) is 1.34. The standard InChI is InChI=1S/C8H11NO3/c1-11-8(10)9-5-4-7-3-2-6-12-7/h2-3,6H,4-5H2,1H3,(H,9,10). The van der Waals surface area contributed by atoms with Gasteiger partial charge in [-0.25, -0.2) is 4.79 Å². The Morgan fingerprint density at radius 1 is 1.75 bits per heavy atom. The Labute approximate surface area is 70.5 Å². The van der Waals surface area contributed by atoms with E-state index in [4.69, 9.17) is 4.42 Å². The highest BCUT2D eigenvalue weighted by atomic mass is 16.5. The van der Waals surface area contributed by atoms with E-state index in [2.05, 4.69) is 10.1 Å². The monoisotopic (exact) mass is 169 g/mol. The molecule has 66 valence electrons. The molecule has 4 heteroatoms. The molecule has 1 aromatic heterocycles. The van der Waals surface area contributed by atoms with Crippen molar-refractivity contribution in [2.45, 2.75) is 6.42 Å². The number of furan rings is 1. The molecule has 1 aromatic rings. The number of hydrogen-bond acceptors (Lipinski definition) is 3. The summed E-state index contributed by atoms with van der Waals surface area (Å²) in [4.78, 5) is 10.6. The SMILES string of the molecule is COC(=O)NCCc1ccco1. The summed E-state index contributed by atoms with van der Waals surface area (Å²) >= 11 is 0. The molecule has 0 aliphatic carbocycles. The lowest BCUT2D eigenvalue weighted by molar-refractivity contribution is 0.171. The second-order valence-corrected chi connectivity index (χ2v) is 2.25. The van der Waals surface area contributed by atoms with E-state index in [0.717, 1.165) is 5.76 Å². The van der Waals surface area contributed by atoms with Crippen LogP contribution in [0.2, 0.25) is 0 Å². The van der Waals surface area contributed by atoms with Gasteiger partial charge in [-0.05, 0) is 12.1 Å². The van der Waals surface area contributed by atoms with Crippen molar-refractivity contribution in [3.63, 3.8) is 0 Å². The van der Waals surface area contributed by atoms with Crippen LogP contribution in [0.25, 0.3) is 0 Å². The van der Waals surface area contributed by atoms with Crippen LogP contribution in [-0.4, -0.2) is 19.7 Å². The second-order valence-electron chi connectivity index (χ2n) is 2.25. The molecule has 0 aromatic carbocycles. The Hall–Kier alpha value is -1.45. The summed E-state index contributed by atoms with van der Waals surface area (Å²) in [6.07, 6.45) is 1.87. The normalized spacial score (nSPS) is 9.42. The molecule has 0 saturated heterocycles. The van der Waals surface area contributed by atoms with E-state index >= 15 is 0 Å². The molecular weight excluding hydrogens is 158 g/mol. The van der Waals surface area contributed by atoms with Crippen molar-refractivity contribution in [1.82, 2.24) is 5.32 Å². The first-order valence-electron chi connectivity index (χ1n) is 3.67. The fraction of sp³-hybridized carbons (Fsp3) is 0.375. The van der Waals surface area contributed by atoms with E-state index in [1.807, 2.05) is 12.1 Å². The molecule has 0 bridgehead atoms. The van der Waals surface area contributed by atoms with E-state index in [1.165, 1.54) is 7.11 Å². The average molecular weight is 169 g/mol. The van der Waals surface area contributed by atoms with Crippen LogP contribution < -0.4 is 5.32 Å². The number of rotatable bonds is 3. The van der Waals surface area contributed by atoms with Gasteiger partial charge in [0.2, 0.25) is 0 Å². The second kappa shape index (κ2) is 4.43. The Bertz CT molecular complexity index is 230. The van der Waals surface area contributed by atoms with Gasteiger partial charge in [-0.15, -0.1) is 0 Å². The van der Waals surface area contributed by atoms with E-state index in [0.29, 0.717) is 13.0 Å². The van der Waals surface area contributed by atoms with Crippen molar-refractivity contribution in [3.05, 3.63) is 24.2 Å². The average Bonchev–Trinajstić information content (AvgIpc) is 2.57. The molecule has 12 heavy (non-hydrogen) atoms. The predicted molar refractivity (Wildman–Crippen MR) is 42.8 cm³/mol. The van der Waals surface area contributed by atoms with Gasteiger partial charge in [-0.2, -0.15) is 0 Å². The van der Waals surface area contributed by atoms with E-state index in [-0.39, 0.29) is 0 Å². The maximum absolute atomic E-state index is 10.6. The molecule has 0 radical (unpaired) electrons. The van der Waals surface area contributed by atoms with Crippen molar-refractivity contribution in [2.24, 2.45) is 0 Å². The summed E-state index contributed by atoms with van der Waals surface area (Å²) in [5.74, 6) is 0.853. The summed E-state index contributed by atoms with van der Waals surface area (Å²) in [6.45, 7) is 0.528. The molecular formula is C8H11NO3. The fourth-order valence-corrected chi connectivity index (χ4v) is 0.815. The zero-order valence-corrected chi connectivity index (χ0v) is 6.87. The van der Waals surface area contributed by atoms with Crippen molar-refractivity contribution in [2.75, 3.05) is 13.7 Å². The van der Waals surface area contributed by atoms with Crippen LogP contribution in [0.4, 0.5) is 4.79 Å². The topological polar surface area (TPSA) is 51.5 Å². The van der Waals surface area contributed by atoms with Crippen LogP contribution in [-0.2, 0) is 11.2 Å². The molecule has 0 fully saturated rings. The Kier molecular flexibility index (Phi) is 3.19.